The van der Waals surface area contributed by atoms with Crippen LogP contribution in [0.2, 0.25) is 0 Å². The summed E-state index contributed by atoms with van der Waals surface area (Å²) < 4.78 is 10.7. The minimum absolute atomic E-state index is 0.0778. The van der Waals surface area contributed by atoms with E-state index in [-0.39, 0.29) is 17.5 Å². The van der Waals surface area contributed by atoms with E-state index in [4.69, 9.17) is 15.2 Å². The van der Waals surface area contributed by atoms with Crippen molar-refractivity contribution in [1.82, 2.24) is 4.98 Å². The highest BCUT2D eigenvalue weighted by molar-refractivity contribution is 5.50. The molecule has 2 N–H and O–H groups in total. The van der Waals surface area contributed by atoms with Crippen molar-refractivity contribution in [3.8, 4) is 17.2 Å². The van der Waals surface area contributed by atoms with E-state index in [9.17, 15) is 10.1 Å². The molecule has 0 saturated carbocycles. The van der Waals surface area contributed by atoms with Gasteiger partial charge >= 0.3 is 0 Å². The third-order valence-electron chi connectivity index (χ3n) is 2.81. The second kappa shape index (κ2) is 6.19. The molecule has 1 atom stereocenters. The van der Waals surface area contributed by atoms with E-state index in [1.54, 1.807) is 12.1 Å². The number of nitrogens with two attached hydrogens (primary N) is 1. The van der Waals surface area contributed by atoms with Gasteiger partial charge in [-0.2, -0.15) is 0 Å². The van der Waals surface area contributed by atoms with Crippen LogP contribution in [0.3, 0.4) is 0 Å². The number of hydrogen-bond donors (Lipinski definition) is 1. The molecule has 2 aromatic rings. The molecule has 7 nitrogen and oxygen atoms in total. The Hall–Kier alpha value is -2.67. The Morgan fingerprint density at radius 1 is 1.29 bits per heavy atom. The molecule has 0 bridgehead atoms. The molecule has 7 heteroatoms. The monoisotopic (exact) mass is 289 g/mol. The van der Waals surface area contributed by atoms with Crippen molar-refractivity contribution in [2.75, 3.05) is 7.11 Å². The number of ether oxygens (including phenoxy) is 2. The highest BCUT2D eigenvalue weighted by atomic mass is 16.6. The van der Waals surface area contributed by atoms with E-state index in [1.807, 2.05) is 6.92 Å². The van der Waals surface area contributed by atoms with Crippen molar-refractivity contribution in [1.29, 1.82) is 0 Å². The van der Waals surface area contributed by atoms with E-state index in [0.29, 0.717) is 11.5 Å². The quantitative estimate of drug-likeness (QED) is 0.671. The van der Waals surface area contributed by atoms with Crippen LogP contribution in [0.25, 0.3) is 0 Å². The van der Waals surface area contributed by atoms with Gasteiger partial charge in [-0.05, 0) is 25.1 Å². The predicted octanol–water partition coefficient (Wildman–Crippen LogP) is 2.81. The first-order valence-electron chi connectivity index (χ1n) is 6.23. The van der Waals surface area contributed by atoms with Crippen LogP contribution in [0.1, 0.15) is 18.7 Å². The Labute approximate surface area is 121 Å². The SMILES string of the molecule is COc1ccc([N+](=O)[O-])cc1Oc1ccc(C(C)N)nc1. The molecular formula is C14H15N3O4. The molecule has 1 aromatic carbocycles. The molecule has 0 spiro atoms. The standard InChI is InChI=1S/C14H15N3O4/c1-9(15)12-5-4-11(8-16-12)21-14-7-10(17(18)19)3-6-13(14)20-2/h3-9H,15H2,1-2H3. The maximum Gasteiger partial charge on any atom is 0.273 e. The zero-order valence-electron chi connectivity index (χ0n) is 11.6. The number of methoxy groups -OCH3 is 1. The molecule has 0 amide bonds. The maximum atomic E-state index is 10.8. The van der Waals surface area contributed by atoms with Gasteiger partial charge < -0.3 is 15.2 Å². The average molecular weight is 289 g/mol. The molecular weight excluding hydrogens is 274 g/mol. The van der Waals surface area contributed by atoms with Crippen LogP contribution < -0.4 is 15.2 Å². The lowest BCUT2D eigenvalue weighted by molar-refractivity contribution is -0.384. The summed E-state index contributed by atoms with van der Waals surface area (Å²) in [5.74, 6) is 1.09. The van der Waals surface area contributed by atoms with Gasteiger partial charge in [0.05, 0.1) is 30.0 Å². The maximum absolute atomic E-state index is 10.8. The minimum atomic E-state index is -0.496. The van der Waals surface area contributed by atoms with Crippen molar-refractivity contribution in [3.05, 3.63) is 52.3 Å². The zero-order valence-corrected chi connectivity index (χ0v) is 11.6. The number of nitro benzene ring substituents is 1. The highest BCUT2D eigenvalue weighted by Gasteiger charge is 2.13. The van der Waals surface area contributed by atoms with Crippen molar-refractivity contribution < 1.29 is 14.4 Å². The van der Waals surface area contributed by atoms with Gasteiger partial charge in [0.15, 0.2) is 11.5 Å². The number of hydrogen-bond acceptors (Lipinski definition) is 6. The summed E-state index contributed by atoms with van der Waals surface area (Å²) in [7, 11) is 1.46. The topological polar surface area (TPSA) is 101 Å². The van der Waals surface area contributed by atoms with E-state index in [1.165, 1.54) is 31.5 Å². The van der Waals surface area contributed by atoms with Gasteiger partial charge in [-0.15, -0.1) is 0 Å². The second-order valence-electron chi connectivity index (χ2n) is 4.40. The van der Waals surface area contributed by atoms with Crippen LogP contribution in [0, 0.1) is 10.1 Å². The van der Waals surface area contributed by atoms with Crippen LogP contribution in [0.15, 0.2) is 36.5 Å². The first-order valence-corrected chi connectivity index (χ1v) is 6.23. The number of rotatable bonds is 5. The summed E-state index contributed by atoms with van der Waals surface area (Å²) in [5, 5.41) is 10.8. The van der Waals surface area contributed by atoms with Crippen LogP contribution in [-0.2, 0) is 0 Å². The molecule has 2 rings (SSSR count). The third-order valence-corrected chi connectivity index (χ3v) is 2.81. The summed E-state index contributed by atoms with van der Waals surface area (Å²) in [5.41, 5.74) is 6.37. The smallest absolute Gasteiger partial charge is 0.273 e. The molecule has 0 saturated heterocycles. The van der Waals surface area contributed by atoms with Gasteiger partial charge in [-0.1, -0.05) is 0 Å². The van der Waals surface area contributed by atoms with Gasteiger partial charge in [0, 0.05) is 12.1 Å². The number of aromatic nitrogens is 1. The molecule has 0 aliphatic heterocycles. The fourth-order valence-electron chi connectivity index (χ4n) is 1.71. The second-order valence-corrected chi connectivity index (χ2v) is 4.40. The lowest BCUT2D eigenvalue weighted by Crippen LogP contribution is -2.06. The molecule has 1 heterocycles. The minimum Gasteiger partial charge on any atom is -0.493 e. The van der Waals surface area contributed by atoms with Gasteiger partial charge in [-0.25, -0.2) is 0 Å². The Morgan fingerprint density at radius 3 is 2.57 bits per heavy atom. The Bertz CT molecular complexity index is 641. The zero-order chi connectivity index (χ0) is 15.4. The lowest BCUT2D eigenvalue weighted by atomic mass is 10.2. The summed E-state index contributed by atoms with van der Waals surface area (Å²) in [6.07, 6.45) is 1.51. The Balaban J connectivity index is 2.29. The van der Waals surface area contributed by atoms with Gasteiger partial charge in [0.2, 0.25) is 0 Å². The lowest BCUT2D eigenvalue weighted by Gasteiger charge is -2.10. The van der Waals surface area contributed by atoms with Crippen molar-refractivity contribution in [3.63, 3.8) is 0 Å². The van der Waals surface area contributed by atoms with Gasteiger partial charge in [-0.3, -0.25) is 15.1 Å². The Kier molecular flexibility index (Phi) is 4.34. The third kappa shape index (κ3) is 3.46. The average Bonchev–Trinajstić information content (AvgIpc) is 2.47. The largest absolute Gasteiger partial charge is 0.493 e. The summed E-state index contributed by atoms with van der Waals surface area (Å²) in [6, 6.07) is 7.40. The van der Waals surface area contributed by atoms with Crippen LogP contribution in [-0.4, -0.2) is 17.0 Å². The number of pyridine rings is 1. The summed E-state index contributed by atoms with van der Waals surface area (Å²) in [4.78, 5) is 14.5. The first kappa shape index (κ1) is 14.7. The van der Waals surface area contributed by atoms with E-state index >= 15 is 0 Å². The van der Waals surface area contributed by atoms with E-state index in [0.717, 1.165) is 5.69 Å². The van der Waals surface area contributed by atoms with E-state index in [2.05, 4.69) is 4.98 Å². The van der Waals surface area contributed by atoms with Crippen molar-refractivity contribution >= 4 is 5.69 Å². The molecule has 110 valence electrons. The fraction of sp³-hybridized carbons (Fsp3) is 0.214. The first-order chi connectivity index (χ1) is 10.0. The van der Waals surface area contributed by atoms with Crippen LogP contribution in [0.4, 0.5) is 5.69 Å². The molecule has 21 heavy (non-hydrogen) atoms. The molecule has 0 fully saturated rings. The molecule has 1 unspecified atom stereocenters. The van der Waals surface area contributed by atoms with Crippen LogP contribution >= 0.6 is 0 Å². The normalized spacial score (nSPS) is 11.8. The molecule has 0 aliphatic carbocycles. The number of nitro groups is 1. The predicted molar refractivity (Wildman–Crippen MR) is 76.6 cm³/mol. The van der Waals surface area contributed by atoms with E-state index < -0.39 is 4.92 Å². The highest BCUT2D eigenvalue weighted by Crippen LogP contribution is 2.34. The number of non-ortho nitro benzene ring substituents is 1. The molecule has 0 radical (unpaired) electrons. The van der Waals surface area contributed by atoms with Gasteiger partial charge in [0.25, 0.3) is 5.69 Å². The molecule has 1 aromatic heterocycles. The van der Waals surface area contributed by atoms with Gasteiger partial charge in [0.1, 0.15) is 5.75 Å². The molecule has 0 aliphatic rings. The number of nitrogens with zero attached hydrogens (tertiary/aromatic N) is 2. The van der Waals surface area contributed by atoms with Crippen LogP contribution in [0.5, 0.6) is 17.2 Å². The summed E-state index contributed by atoms with van der Waals surface area (Å²) >= 11 is 0. The fourth-order valence-corrected chi connectivity index (χ4v) is 1.71. The number of benzene rings is 1. The Morgan fingerprint density at radius 2 is 2.05 bits per heavy atom. The summed E-state index contributed by atoms with van der Waals surface area (Å²) in [6.45, 7) is 1.83. The van der Waals surface area contributed by atoms with Crippen molar-refractivity contribution in [2.24, 2.45) is 5.73 Å². The van der Waals surface area contributed by atoms with Crippen molar-refractivity contribution in [2.45, 2.75) is 13.0 Å².